The summed E-state index contributed by atoms with van der Waals surface area (Å²) in [6, 6.07) is 0. The first-order valence-corrected chi connectivity index (χ1v) is 7.47. The van der Waals surface area contributed by atoms with Crippen molar-refractivity contribution >= 4 is 0 Å². The Morgan fingerprint density at radius 2 is 1.21 bits per heavy atom. The molecular formula is C14H24N2O8. The van der Waals surface area contributed by atoms with Crippen LogP contribution in [0, 0.1) is 0 Å². The third-order valence-corrected chi connectivity index (χ3v) is 3.05. The Balaban J connectivity index is 2.49. The fraction of sp³-hybridized carbons (Fsp3) is 0.714. The van der Waals surface area contributed by atoms with Crippen molar-refractivity contribution in [2.75, 3.05) is 26.4 Å². The topological polar surface area (TPSA) is 166 Å². The molecule has 1 heterocycles. The molecule has 0 bridgehead atoms. The Bertz CT molecular complexity index is 427. The molecule has 0 saturated heterocycles. The Morgan fingerprint density at radius 3 is 1.58 bits per heavy atom. The van der Waals surface area contributed by atoms with Gasteiger partial charge in [-0.25, -0.2) is 4.98 Å². The van der Waals surface area contributed by atoms with Crippen molar-refractivity contribution in [1.82, 2.24) is 9.97 Å². The third-order valence-electron chi connectivity index (χ3n) is 3.05. The summed E-state index contributed by atoms with van der Waals surface area (Å²) in [5, 5.41) is 55.4. The van der Waals surface area contributed by atoms with Crippen LogP contribution in [0.2, 0.25) is 0 Å². The van der Waals surface area contributed by atoms with Crippen molar-refractivity contribution in [3.63, 3.8) is 0 Å². The number of aliphatic hydroxyl groups is 6. The summed E-state index contributed by atoms with van der Waals surface area (Å²) in [6.45, 7) is -0.813. The summed E-state index contributed by atoms with van der Waals surface area (Å²) in [4.78, 5) is 7.80. The number of hydrogen-bond donors (Lipinski definition) is 6. The van der Waals surface area contributed by atoms with Crippen LogP contribution < -0.4 is 0 Å². The van der Waals surface area contributed by atoms with Crippen molar-refractivity contribution in [3.8, 4) is 0 Å². The quantitative estimate of drug-likeness (QED) is 0.232. The first-order valence-electron chi connectivity index (χ1n) is 7.47. The monoisotopic (exact) mass is 348 g/mol. The summed E-state index contributed by atoms with van der Waals surface area (Å²) in [6.07, 6.45) is -1.91. The van der Waals surface area contributed by atoms with E-state index in [2.05, 4.69) is 9.97 Å². The molecule has 0 aromatic carbocycles. The molecule has 0 aliphatic heterocycles. The normalized spacial score (nSPS) is 16.6. The van der Waals surface area contributed by atoms with E-state index in [0.29, 0.717) is 0 Å². The van der Waals surface area contributed by atoms with E-state index in [0.717, 1.165) is 0 Å². The third kappa shape index (κ3) is 7.55. The molecule has 1 aromatic heterocycles. The predicted molar refractivity (Wildman–Crippen MR) is 79.3 cm³/mol. The molecule has 6 N–H and O–H groups in total. The van der Waals surface area contributed by atoms with Crippen LogP contribution in [0.15, 0.2) is 12.4 Å². The van der Waals surface area contributed by atoms with Crippen LogP contribution in [0.5, 0.6) is 0 Å². The first kappa shape index (κ1) is 20.8. The van der Waals surface area contributed by atoms with E-state index in [1.165, 1.54) is 12.4 Å². The van der Waals surface area contributed by atoms with E-state index in [-0.39, 0.29) is 37.4 Å². The van der Waals surface area contributed by atoms with Crippen LogP contribution in [-0.2, 0) is 9.47 Å². The number of ether oxygens (including phenoxy) is 2. The van der Waals surface area contributed by atoms with Crippen LogP contribution >= 0.6 is 0 Å². The second-order valence-electron chi connectivity index (χ2n) is 5.07. The van der Waals surface area contributed by atoms with Crippen molar-refractivity contribution in [1.29, 1.82) is 0 Å². The largest absolute Gasteiger partial charge is 0.394 e. The predicted octanol–water partition coefficient (Wildman–Crippen LogP) is -2.02. The lowest BCUT2D eigenvalue weighted by Gasteiger charge is -2.16. The highest BCUT2D eigenvalue weighted by molar-refractivity contribution is 5.05. The van der Waals surface area contributed by atoms with Gasteiger partial charge in [0.2, 0.25) is 0 Å². The molecule has 24 heavy (non-hydrogen) atoms. The number of nitrogens with zero attached hydrogens (tertiary/aromatic N) is 2. The Morgan fingerprint density at radius 1 is 0.792 bits per heavy atom. The minimum absolute atomic E-state index is 0.00704. The minimum atomic E-state index is -1.41. The molecule has 4 unspecified atom stereocenters. The van der Waals surface area contributed by atoms with Gasteiger partial charge in [-0.2, -0.15) is 0 Å². The smallest absolute Gasteiger partial charge is 0.200 e. The molecule has 0 aliphatic carbocycles. The molecule has 4 atom stereocenters. The lowest BCUT2D eigenvalue weighted by atomic mass is 10.3. The molecule has 10 heteroatoms. The van der Waals surface area contributed by atoms with E-state index in [4.69, 9.17) is 19.7 Å². The minimum Gasteiger partial charge on any atom is -0.394 e. The first-order chi connectivity index (χ1) is 11.5. The van der Waals surface area contributed by atoms with Crippen molar-refractivity contribution in [2.24, 2.45) is 0 Å². The van der Waals surface area contributed by atoms with Gasteiger partial charge >= 0.3 is 0 Å². The standard InChI is InChI=1S/C14H24N2O8/c17-7-9(19)1-3-23-13(21)11-5-15-6-12(16-11)14(22)24-4-2-10(20)8-18/h5-6,9-10,13-14,17-22H,1-4,7-8H2. The molecule has 1 aromatic rings. The maximum atomic E-state index is 9.84. The number of aliphatic hydroxyl groups excluding tert-OH is 6. The molecular weight excluding hydrogens is 324 g/mol. The fourth-order valence-electron chi connectivity index (χ4n) is 1.62. The maximum Gasteiger partial charge on any atom is 0.200 e. The van der Waals surface area contributed by atoms with Crippen LogP contribution in [0.4, 0.5) is 0 Å². The second-order valence-corrected chi connectivity index (χ2v) is 5.07. The Labute approximate surface area is 139 Å². The van der Waals surface area contributed by atoms with Crippen LogP contribution in [0.3, 0.4) is 0 Å². The van der Waals surface area contributed by atoms with Gasteiger partial charge in [0.05, 0.1) is 51.0 Å². The lowest BCUT2D eigenvalue weighted by molar-refractivity contribution is -0.119. The summed E-state index contributed by atoms with van der Waals surface area (Å²) >= 11 is 0. The zero-order chi connectivity index (χ0) is 17.9. The van der Waals surface area contributed by atoms with Crippen LogP contribution in [0.1, 0.15) is 36.8 Å². The SMILES string of the molecule is OCC(O)CCOC(O)c1cncc(C(O)OCCC(O)CO)n1. The van der Waals surface area contributed by atoms with Gasteiger partial charge in [-0.15, -0.1) is 0 Å². The van der Waals surface area contributed by atoms with Gasteiger partial charge in [0.1, 0.15) is 11.4 Å². The lowest BCUT2D eigenvalue weighted by Crippen LogP contribution is -2.18. The van der Waals surface area contributed by atoms with Crippen molar-refractivity contribution < 1.29 is 40.1 Å². The van der Waals surface area contributed by atoms with E-state index < -0.39 is 38.0 Å². The highest BCUT2D eigenvalue weighted by atomic mass is 16.6. The number of hydrogen-bond acceptors (Lipinski definition) is 10. The molecule has 0 aliphatic rings. The van der Waals surface area contributed by atoms with Gasteiger partial charge in [-0.05, 0) is 12.8 Å². The number of rotatable bonds is 12. The molecule has 0 amide bonds. The van der Waals surface area contributed by atoms with Crippen molar-refractivity contribution in [3.05, 3.63) is 23.8 Å². The Kier molecular flexibility index (Phi) is 9.83. The molecule has 1 rings (SSSR count). The molecule has 0 saturated carbocycles. The number of aromatic nitrogens is 2. The van der Waals surface area contributed by atoms with Crippen molar-refractivity contribution in [2.45, 2.75) is 37.6 Å². The molecule has 138 valence electrons. The highest BCUT2D eigenvalue weighted by Crippen LogP contribution is 2.16. The summed E-state index contributed by atoms with van der Waals surface area (Å²) in [5.74, 6) is 0. The van der Waals surface area contributed by atoms with E-state index in [1.807, 2.05) is 0 Å². The average Bonchev–Trinajstić information content (AvgIpc) is 2.61. The van der Waals surface area contributed by atoms with E-state index in [9.17, 15) is 20.4 Å². The summed E-state index contributed by atoms with van der Waals surface area (Å²) in [7, 11) is 0. The zero-order valence-corrected chi connectivity index (χ0v) is 13.1. The fourth-order valence-corrected chi connectivity index (χ4v) is 1.62. The van der Waals surface area contributed by atoms with Crippen LogP contribution in [-0.4, -0.2) is 79.2 Å². The average molecular weight is 348 g/mol. The summed E-state index contributed by atoms with van der Waals surface area (Å²) < 4.78 is 10.1. The van der Waals surface area contributed by atoms with Gasteiger partial charge in [0, 0.05) is 0 Å². The van der Waals surface area contributed by atoms with Crippen LogP contribution in [0.25, 0.3) is 0 Å². The van der Waals surface area contributed by atoms with Gasteiger partial charge in [0.25, 0.3) is 0 Å². The zero-order valence-electron chi connectivity index (χ0n) is 13.1. The molecule has 0 radical (unpaired) electrons. The second kappa shape index (κ2) is 11.3. The van der Waals surface area contributed by atoms with Gasteiger partial charge in [0.15, 0.2) is 12.6 Å². The molecule has 0 spiro atoms. The van der Waals surface area contributed by atoms with E-state index in [1.54, 1.807) is 0 Å². The maximum absolute atomic E-state index is 9.84. The van der Waals surface area contributed by atoms with Gasteiger partial charge in [-0.3, -0.25) is 4.98 Å². The van der Waals surface area contributed by atoms with Gasteiger partial charge < -0.3 is 40.1 Å². The van der Waals surface area contributed by atoms with E-state index >= 15 is 0 Å². The summed E-state index contributed by atoms with van der Waals surface area (Å²) in [5.41, 5.74) is 0.0908. The highest BCUT2D eigenvalue weighted by Gasteiger charge is 2.16. The molecule has 10 nitrogen and oxygen atoms in total. The molecule has 0 fully saturated rings. The van der Waals surface area contributed by atoms with Gasteiger partial charge in [-0.1, -0.05) is 0 Å². The Hall–Kier alpha value is -1.24.